The van der Waals surface area contributed by atoms with Crippen LogP contribution in [0.2, 0.25) is 0 Å². The number of benzene rings is 1. The van der Waals surface area contributed by atoms with Crippen molar-refractivity contribution in [2.45, 2.75) is 12.4 Å². The van der Waals surface area contributed by atoms with Crippen LogP contribution in [0.4, 0.5) is 26.3 Å². The number of hydrogen-bond donors (Lipinski definition) is 1. The van der Waals surface area contributed by atoms with Gasteiger partial charge in [0.05, 0.1) is 11.6 Å². The highest BCUT2D eigenvalue weighted by atomic mass is 19.4. The standard InChI is InChI=1S/C11H4F6N4O/c12-10(13,14)6-1-5(3-18)2-7(8(6)22)21-4-19-9(20-21)11(15,16)17/h1-2,4,22H. The molecule has 0 fully saturated rings. The number of aromatic nitrogens is 3. The molecule has 1 aromatic heterocycles. The second kappa shape index (κ2) is 4.90. The lowest BCUT2D eigenvalue weighted by atomic mass is 10.1. The van der Waals surface area contributed by atoms with Gasteiger partial charge in [0, 0.05) is 0 Å². The molecule has 1 N–H and O–H groups in total. The van der Waals surface area contributed by atoms with Crippen LogP contribution in [0.1, 0.15) is 17.0 Å². The first kappa shape index (κ1) is 15.6. The molecule has 22 heavy (non-hydrogen) atoms. The SMILES string of the molecule is N#Cc1cc(-n2cnc(C(F)(F)F)n2)c(O)c(C(F)(F)F)c1. The van der Waals surface area contributed by atoms with Gasteiger partial charge in [-0.1, -0.05) is 0 Å². The number of hydrogen-bond acceptors (Lipinski definition) is 4. The van der Waals surface area contributed by atoms with Gasteiger partial charge in [0.15, 0.2) is 5.75 Å². The Morgan fingerprint density at radius 2 is 1.73 bits per heavy atom. The molecule has 0 radical (unpaired) electrons. The van der Waals surface area contributed by atoms with E-state index in [1.165, 1.54) is 6.07 Å². The Labute approximate surface area is 118 Å². The van der Waals surface area contributed by atoms with Gasteiger partial charge in [-0.25, -0.2) is 9.67 Å². The van der Waals surface area contributed by atoms with Gasteiger partial charge in [0.25, 0.3) is 5.82 Å². The zero-order valence-electron chi connectivity index (χ0n) is 10.2. The summed E-state index contributed by atoms with van der Waals surface area (Å²) in [7, 11) is 0. The number of aromatic hydroxyl groups is 1. The highest BCUT2D eigenvalue weighted by molar-refractivity contribution is 5.56. The van der Waals surface area contributed by atoms with Crippen LogP contribution in [-0.2, 0) is 12.4 Å². The molecule has 0 saturated heterocycles. The summed E-state index contributed by atoms with van der Waals surface area (Å²) in [6.07, 6.45) is -9.42. The van der Waals surface area contributed by atoms with Gasteiger partial charge in [0.2, 0.25) is 0 Å². The minimum Gasteiger partial charge on any atom is -0.505 e. The van der Waals surface area contributed by atoms with Crippen molar-refractivity contribution in [3.63, 3.8) is 0 Å². The second-order valence-corrected chi connectivity index (χ2v) is 4.01. The van der Waals surface area contributed by atoms with Crippen molar-refractivity contribution in [1.29, 1.82) is 5.26 Å². The van der Waals surface area contributed by atoms with Crippen molar-refractivity contribution < 1.29 is 31.4 Å². The fraction of sp³-hybridized carbons (Fsp3) is 0.182. The number of phenols is 1. The second-order valence-electron chi connectivity index (χ2n) is 4.01. The molecule has 0 aliphatic heterocycles. The van der Waals surface area contributed by atoms with Crippen LogP contribution in [0.3, 0.4) is 0 Å². The Kier molecular flexibility index (Phi) is 3.48. The predicted molar refractivity (Wildman–Crippen MR) is 57.7 cm³/mol. The molecule has 116 valence electrons. The summed E-state index contributed by atoms with van der Waals surface area (Å²) < 4.78 is 75.8. The van der Waals surface area contributed by atoms with E-state index in [2.05, 4.69) is 10.1 Å². The average molecular weight is 322 g/mol. The van der Waals surface area contributed by atoms with Crippen molar-refractivity contribution >= 4 is 0 Å². The molecular weight excluding hydrogens is 318 g/mol. The van der Waals surface area contributed by atoms with E-state index in [-0.39, 0.29) is 0 Å². The Balaban J connectivity index is 2.66. The third-order valence-electron chi connectivity index (χ3n) is 2.52. The molecule has 0 amide bonds. The third-order valence-corrected chi connectivity index (χ3v) is 2.52. The molecule has 0 aliphatic carbocycles. The van der Waals surface area contributed by atoms with Gasteiger partial charge in [-0.15, -0.1) is 5.10 Å². The van der Waals surface area contributed by atoms with Gasteiger partial charge in [-0.05, 0) is 12.1 Å². The third kappa shape index (κ3) is 2.80. The van der Waals surface area contributed by atoms with E-state index >= 15 is 0 Å². The Morgan fingerprint density at radius 1 is 1.09 bits per heavy atom. The summed E-state index contributed by atoms with van der Waals surface area (Å²) in [6.45, 7) is 0. The Bertz CT molecular complexity index is 755. The first-order valence-corrected chi connectivity index (χ1v) is 5.37. The first-order valence-electron chi connectivity index (χ1n) is 5.37. The van der Waals surface area contributed by atoms with Crippen LogP contribution >= 0.6 is 0 Å². The molecule has 2 aromatic rings. The first-order chi connectivity index (χ1) is 10.0. The fourth-order valence-electron chi connectivity index (χ4n) is 1.58. The Morgan fingerprint density at radius 3 is 2.18 bits per heavy atom. The van der Waals surface area contributed by atoms with E-state index in [1.807, 2.05) is 0 Å². The van der Waals surface area contributed by atoms with Crippen molar-refractivity contribution in [1.82, 2.24) is 14.8 Å². The number of halogens is 6. The molecular formula is C11H4F6N4O. The van der Waals surface area contributed by atoms with Gasteiger partial charge in [0.1, 0.15) is 17.6 Å². The summed E-state index contributed by atoms with van der Waals surface area (Å²) in [4.78, 5) is 2.90. The van der Waals surface area contributed by atoms with Gasteiger partial charge < -0.3 is 5.11 Å². The fourth-order valence-corrected chi connectivity index (χ4v) is 1.58. The molecule has 0 atom stereocenters. The summed E-state index contributed by atoms with van der Waals surface area (Å²) in [5, 5.41) is 21.3. The minimum absolute atomic E-state index is 0.314. The lowest BCUT2D eigenvalue weighted by Gasteiger charge is -2.12. The molecule has 0 spiro atoms. The molecule has 0 bridgehead atoms. The largest absolute Gasteiger partial charge is 0.505 e. The average Bonchev–Trinajstić information content (AvgIpc) is 2.87. The van der Waals surface area contributed by atoms with E-state index in [9.17, 15) is 31.4 Å². The van der Waals surface area contributed by atoms with Crippen LogP contribution in [0, 0.1) is 11.3 Å². The summed E-state index contributed by atoms with van der Waals surface area (Å²) in [5.41, 5.74) is -2.82. The predicted octanol–water partition coefficient (Wildman–Crippen LogP) is 2.88. The van der Waals surface area contributed by atoms with E-state index in [4.69, 9.17) is 5.26 Å². The molecule has 0 unspecified atom stereocenters. The molecule has 1 heterocycles. The number of nitrogens with zero attached hydrogens (tertiary/aromatic N) is 4. The van der Waals surface area contributed by atoms with Gasteiger partial charge >= 0.3 is 12.4 Å². The van der Waals surface area contributed by atoms with Crippen molar-refractivity contribution in [2.75, 3.05) is 0 Å². The number of nitriles is 1. The molecule has 2 rings (SSSR count). The maximum Gasteiger partial charge on any atom is 0.453 e. The minimum atomic E-state index is -5.00. The number of rotatable bonds is 1. The van der Waals surface area contributed by atoms with Crippen molar-refractivity contribution in [2.24, 2.45) is 0 Å². The molecule has 11 heteroatoms. The quantitative estimate of drug-likeness (QED) is 0.819. The molecule has 5 nitrogen and oxygen atoms in total. The van der Waals surface area contributed by atoms with Crippen molar-refractivity contribution in [3.8, 4) is 17.5 Å². The summed E-state index contributed by atoms with van der Waals surface area (Å²) in [5.74, 6) is -2.95. The van der Waals surface area contributed by atoms with E-state index < -0.39 is 40.7 Å². The Hall–Kier alpha value is -2.77. The smallest absolute Gasteiger partial charge is 0.453 e. The maximum atomic E-state index is 12.8. The van der Waals surface area contributed by atoms with Crippen LogP contribution in [0.5, 0.6) is 5.75 Å². The van der Waals surface area contributed by atoms with Crippen LogP contribution in [0.15, 0.2) is 18.5 Å². The zero-order valence-corrected chi connectivity index (χ0v) is 10.2. The highest BCUT2D eigenvalue weighted by Gasteiger charge is 2.38. The number of phenolic OH excluding ortho intramolecular Hbond substituents is 1. The van der Waals surface area contributed by atoms with Gasteiger partial charge in [-0.3, -0.25) is 0 Å². The van der Waals surface area contributed by atoms with Crippen LogP contribution in [0.25, 0.3) is 5.69 Å². The van der Waals surface area contributed by atoms with Crippen LogP contribution in [-0.4, -0.2) is 19.9 Å². The lowest BCUT2D eigenvalue weighted by Crippen LogP contribution is -2.10. The van der Waals surface area contributed by atoms with Crippen LogP contribution < -0.4 is 0 Å². The lowest BCUT2D eigenvalue weighted by molar-refractivity contribution is -0.145. The monoisotopic (exact) mass is 322 g/mol. The topological polar surface area (TPSA) is 74.7 Å². The number of alkyl halides is 6. The van der Waals surface area contributed by atoms with E-state index in [1.54, 1.807) is 0 Å². The normalized spacial score (nSPS) is 12.2. The van der Waals surface area contributed by atoms with E-state index in [0.717, 1.165) is 6.07 Å². The highest BCUT2D eigenvalue weighted by Crippen LogP contribution is 2.39. The molecule has 1 aromatic carbocycles. The summed E-state index contributed by atoms with van der Waals surface area (Å²) in [6, 6.07) is 2.56. The molecule has 0 saturated carbocycles. The summed E-state index contributed by atoms with van der Waals surface area (Å²) >= 11 is 0. The van der Waals surface area contributed by atoms with Gasteiger partial charge in [-0.2, -0.15) is 31.6 Å². The molecule has 0 aliphatic rings. The van der Waals surface area contributed by atoms with Crippen molar-refractivity contribution in [3.05, 3.63) is 35.4 Å². The van der Waals surface area contributed by atoms with E-state index in [0.29, 0.717) is 17.1 Å². The zero-order chi connectivity index (χ0) is 16.7. The maximum absolute atomic E-state index is 12.8.